The van der Waals surface area contributed by atoms with Crippen molar-refractivity contribution >= 4 is 28.8 Å². The molecule has 29 heavy (non-hydrogen) atoms. The Labute approximate surface area is 174 Å². The number of aryl methyl sites for hydroxylation is 1. The van der Waals surface area contributed by atoms with Crippen molar-refractivity contribution in [2.24, 2.45) is 11.8 Å². The lowest BCUT2D eigenvalue weighted by Gasteiger charge is -2.32. The second-order valence-corrected chi connectivity index (χ2v) is 9.05. The van der Waals surface area contributed by atoms with Crippen LogP contribution in [-0.2, 0) is 16.0 Å². The molecule has 0 N–H and O–H groups in total. The normalized spacial score (nSPS) is 17.0. The summed E-state index contributed by atoms with van der Waals surface area (Å²) in [4.78, 5) is 39.5. The van der Waals surface area contributed by atoms with Crippen LogP contribution in [0, 0.1) is 11.8 Å². The quantitative estimate of drug-likeness (QED) is 0.607. The summed E-state index contributed by atoms with van der Waals surface area (Å²) in [6, 6.07) is 3.52. The van der Waals surface area contributed by atoms with Gasteiger partial charge in [0.25, 0.3) is 5.89 Å². The zero-order valence-corrected chi connectivity index (χ0v) is 18.0. The molecule has 1 atom stereocenters. The average molecular weight is 418 g/mol. The summed E-state index contributed by atoms with van der Waals surface area (Å²) < 4.78 is 5.66. The Kier molecular flexibility index (Phi) is 6.95. The van der Waals surface area contributed by atoms with Crippen molar-refractivity contribution in [3.8, 4) is 10.8 Å². The van der Waals surface area contributed by atoms with Crippen LogP contribution in [0.15, 0.2) is 16.5 Å². The van der Waals surface area contributed by atoms with E-state index in [0.717, 1.165) is 17.7 Å². The zero-order chi connectivity index (χ0) is 21.0. The van der Waals surface area contributed by atoms with Crippen molar-refractivity contribution < 1.29 is 18.8 Å². The Morgan fingerprint density at radius 2 is 2.07 bits per heavy atom. The van der Waals surface area contributed by atoms with Crippen LogP contribution in [0.1, 0.15) is 62.0 Å². The van der Waals surface area contributed by atoms with E-state index in [1.165, 1.54) is 18.3 Å². The van der Waals surface area contributed by atoms with Crippen molar-refractivity contribution in [1.29, 1.82) is 0 Å². The summed E-state index contributed by atoms with van der Waals surface area (Å²) in [5.41, 5.74) is 0. The summed E-state index contributed by atoms with van der Waals surface area (Å²) in [5, 5.41) is 8.05. The first kappa shape index (κ1) is 21.4. The molecule has 1 fully saturated rings. The molecule has 0 radical (unpaired) electrons. The molecule has 1 aliphatic heterocycles. The van der Waals surface area contributed by atoms with Gasteiger partial charge in [-0.1, -0.05) is 13.8 Å². The summed E-state index contributed by atoms with van der Waals surface area (Å²) in [5.74, 6) is 1.34. The molecular formula is C21H27N3O4S. The number of ketones is 2. The molecule has 0 aliphatic carbocycles. The van der Waals surface area contributed by atoms with Gasteiger partial charge in [-0.25, -0.2) is 0 Å². The van der Waals surface area contributed by atoms with Gasteiger partial charge in [0.1, 0.15) is 5.78 Å². The number of rotatable bonds is 8. The van der Waals surface area contributed by atoms with Crippen LogP contribution in [-0.4, -0.2) is 45.7 Å². The summed E-state index contributed by atoms with van der Waals surface area (Å²) >= 11 is 1.31. The number of hydrogen-bond donors (Lipinski definition) is 0. The predicted octanol–water partition coefficient (Wildman–Crippen LogP) is 3.79. The smallest absolute Gasteiger partial charge is 0.257 e. The number of likely N-dealkylation sites (tertiary alicyclic amines) is 1. The topological polar surface area (TPSA) is 93.4 Å². The number of nitrogens with zero attached hydrogens (tertiary/aromatic N) is 3. The fourth-order valence-corrected chi connectivity index (χ4v) is 4.33. The van der Waals surface area contributed by atoms with E-state index in [-0.39, 0.29) is 29.8 Å². The maximum Gasteiger partial charge on any atom is 0.257 e. The van der Waals surface area contributed by atoms with Gasteiger partial charge < -0.3 is 9.32 Å². The largest absolute Gasteiger partial charge is 0.420 e. The van der Waals surface area contributed by atoms with Crippen molar-refractivity contribution in [3.05, 3.63) is 22.9 Å². The Hall–Kier alpha value is -2.35. The molecule has 0 aromatic carbocycles. The zero-order valence-electron chi connectivity index (χ0n) is 17.1. The van der Waals surface area contributed by atoms with Gasteiger partial charge in [0, 0.05) is 38.3 Å². The SMILES string of the molecule is CC(=O)c1ccc(-c2nnc(CCC(=O)N3CCC[C@@H](C(=O)CC(C)C)C3)o2)s1. The third kappa shape index (κ3) is 5.59. The number of carbonyl (C=O) groups is 3. The minimum Gasteiger partial charge on any atom is -0.420 e. The van der Waals surface area contributed by atoms with E-state index in [0.29, 0.717) is 48.5 Å². The van der Waals surface area contributed by atoms with Crippen molar-refractivity contribution in [3.63, 3.8) is 0 Å². The first-order chi connectivity index (χ1) is 13.8. The van der Waals surface area contributed by atoms with Crippen LogP contribution in [0.25, 0.3) is 10.8 Å². The van der Waals surface area contributed by atoms with Crippen LogP contribution in [0.3, 0.4) is 0 Å². The number of aromatic nitrogens is 2. The number of carbonyl (C=O) groups excluding carboxylic acids is 3. The van der Waals surface area contributed by atoms with E-state index >= 15 is 0 Å². The van der Waals surface area contributed by atoms with Gasteiger partial charge in [-0.15, -0.1) is 21.5 Å². The average Bonchev–Trinajstić information content (AvgIpc) is 3.35. The summed E-state index contributed by atoms with van der Waals surface area (Å²) in [6.07, 6.45) is 2.94. The Balaban J connectivity index is 1.53. The van der Waals surface area contributed by atoms with Gasteiger partial charge >= 0.3 is 0 Å². The fraction of sp³-hybridized carbons (Fsp3) is 0.571. The minimum atomic E-state index is -0.0422. The van der Waals surface area contributed by atoms with Gasteiger partial charge in [0.05, 0.1) is 9.75 Å². The Morgan fingerprint density at radius 1 is 1.28 bits per heavy atom. The lowest BCUT2D eigenvalue weighted by atomic mass is 9.89. The van der Waals surface area contributed by atoms with E-state index in [9.17, 15) is 14.4 Å². The molecule has 1 amide bonds. The van der Waals surface area contributed by atoms with Gasteiger partial charge in [-0.05, 0) is 37.8 Å². The van der Waals surface area contributed by atoms with E-state index in [2.05, 4.69) is 10.2 Å². The highest BCUT2D eigenvalue weighted by atomic mass is 32.1. The number of piperidine rings is 1. The molecule has 0 spiro atoms. The van der Waals surface area contributed by atoms with Crippen molar-refractivity contribution in [2.75, 3.05) is 13.1 Å². The molecule has 0 saturated carbocycles. The van der Waals surface area contributed by atoms with Crippen molar-refractivity contribution in [1.82, 2.24) is 15.1 Å². The predicted molar refractivity (Wildman–Crippen MR) is 110 cm³/mol. The van der Waals surface area contributed by atoms with E-state index in [1.807, 2.05) is 13.8 Å². The number of hydrogen-bond acceptors (Lipinski definition) is 7. The summed E-state index contributed by atoms with van der Waals surface area (Å²) in [6.45, 7) is 6.81. The Bertz CT molecular complexity index is 886. The third-order valence-corrected chi connectivity index (χ3v) is 6.20. The molecule has 156 valence electrons. The van der Waals surface area contributed by atoms with E-state index in [4.69, 9.17) is 4.42 Å². The van der Waals surface area contributed by atoms with E-state index < -0.39 is 0 Å². The first-order valence-electron chi connectivity index (χ1n) is 10.1. The van der Waals surface area contributed by atoms with E-state index in [1.54, 1.807) is 17.0 Å². The molecule has 1 aliphatic rings. The van der Waals surface area contributed by atoms with Crippen LogP contribution in [0.4, 0.5) is 0 Å². The second kappa shape index (κ2) is 9.43. The lowest BCUT2D eigenvalue weighted by Crippen LogP contribution is -2.42. The van der Waals surface area contributed by atoms with Gasteiger partial charge in [0.15, 0.2) is 5.78 Å². The first-order valence-corrected chi connectivity index (χ1v) is 10.9. The molecule has 8 heteroatoms. The highest BCUT2D eigenvalue weighted by Gasteiger charge is 2.28. The highest BCUT2D eigenvalue weighted by Crippen LogP contribution is 2.27. The molecule has 0 bridgehead atoms. The second-order valence-electron chi connectivity index (χ2n) is 7.96. The number of thiophene rings is 1. The molecular weight excluding hydrogens is 390 g/mol. The molecule has 3 heterocycles. The number of amides is 1. The van der Waals surface area contributed by atoms with Crippen LogP contribution >= 0.6 is 11.3 Å². The van der Waals surface area contributed by atoms with Gasteiger partial charge in [-0.3, -0.25) is 14.4 Å². The maximum atomic E-state index is 12.6. The van der Waals surface area contributed by atoms with Crippen molar-refractivity contribution in [2.45, 2.75) is 52.9 Å². The van der Waals surface area contributed by atoms with Crippen LogP contribution < -0.4 is 0 Å². The molecule has 1 saturated heterocycles. The van der Waals surface area contributed by atoms with Gasteiger partial charge in [0.2, 0.25) is 11.8 Å². The molecule has 0 unspecified atom stereocenters. The molecule has 2 aromatic heterocycles. The van der Waals surface area contributed by atoms with Crippen LogP contribution in [0.2, 0.25) is 0 Å². The maximum absolute atomic E-state index is 12.6. The monoisotopic (exact) mass is 417 g/mol. The standard InChI is InChI=1S/C21H27N3O4S/c1-13(2)11-16(26)15-5-4-10-24(12-15)20(27)9-8-19-22-23-21(28-19)18-7-6-17(29-18)14(3)25/h6-7,13,15H,4-5,8-12H2,1-3H3/t15-/m1/s1. The summed E-state index contributed by atoms with van der Waals surface area (Å²) in [7, 11) is 0. The highest BCUT2D eigenvalue weighted by molar-refractivity contribution is 7.17. The third-order valence-electron chi connectivity index (χ3n) is 5.02. The Morgan fingerprint density at radius 3 is 2.76 bits per heavy atom. The lowest BCUT2D eigenvalue weighted by molar-refractivity contribution is -0.135. The number of Topliss-reactive ketones (excluding diaryl/α,β-unsaturated/α-hetero) is 2. The fourth-order valence-electron chi connectivity index (χ4n) is 3.50. The van der Waals surface area contributed by atoms with Gasteiger partial charge in [-0.2, -0.15) is 0 Å². The minimum absolute atomic E-state index is 0.00158. The molecule has 3 rings (SSSR count). The molecule has 2 aromatic rings. The molecule has 7 nitrogen and oxygen atoms in total. The van der Waals surface area contributed by atoms with Crippen LogP contribution in [0.5, 0.6) is 0 Å².